The summed E-state index contributed by atoms with van der Waals surface area (Å²) in [6.45, 7) is 8.17. The van der Waals surface area contributed by atoms with Crippen molar-refractivity contribution in [3.63, 3.8) is 0 Å². The third-order valence-corrected chi connectivity index (χ3v) is 3.75. The number of hydrogen-bond acceptors (Lipinski definition) is 7. The molecule has 0 bridgehead atoms. The Hall–Kier alpha value is -2.03. The molecule has 0 spiro atoms. The standard InChI is InChI=1S/C15H24N6O2S/c1-5-23-15(22)16-6-7-21-13-11(9-18-21)12(17-8-10(2)3)19-14(20-13)24-4/h9-10H,5-8H2,1-4H3,(H,16,22)(H,17,19,20). The van der Waals surface area contributed by atoms with Crippen LogP contribution >= 0.6 is 11.8 Å². The van der Waals surface area contributed by atoms with Crippen LogP contribution in [0.2, 0.25) is 0 Å². The number of alkyl carbamates (subject to hydrolysis) is 1. The number of ether oxygens (including phenoxy) is 1. The number of hydrogen-bond donors (Lipinski definition) is 2. The first-order valence-corrected chi connectivity index (χ1v) is 9.19. The Morgan fingerprint density at radius 2 is 2.21 bits per heavy atom. The van der Waals surface area contributed by atoms with Gasteiger partial charge in [0.2, 0.25) is 0 Å². The van der Waals surface area contributed by atoms with E-state index in [1.165, 1.54) is 11.8 Å². The third kappa shape index (κ3) is 4.73. The number of fused-ring (bicyclic) bond motifs is 1. The predicted molar refractivity (Wildman–Crippen MR) is 95.5 cm³/mol. The molecule has 0 aliphatic rings. The normalized spacial score (nSPS) is 11.0. The lowest BCUT2D eigenvalue weighted by Crippen LogP contribution is -2.28. The highest BCUT2D eigenvalue weighted by molar-refractivity contribution is 7.98. The van der Waals surface area contributed by atoms with Crippen molar-refractivity contribution in [2.45, 2.75) is 32.5 Å². The van der Waals surface area contributed by atoms with E-state index in [0.717, 1.165) is 23.4 Å². The molecule has 2 aromatic heterocycles. The van der Waals surface area contributed by atoms with Crippen LogP contribution in [-0.2, 0) is 11.3 Å². The first-order valence-electron chi connectivity index (χ1n) is 7.97. The van der Waals surface area contributed by atoms with Crippen molar-refractivity contribution >= 4 is 34.7 Å². The van der Waals surface area contributed by atoms with Crippen molar-refractivity contribution in [1.29, 1.82) is 0 Å². The van der Waals surface area contributed by atoms with Crippen LogP contribution in [0.3, 0.4) is 0 Å². The summed E-state index contributed by atoms with van der Waals surface area (Å²) in [6, 6.07) is 0. The molecule has 0 aliphatic heterocycles. The molecule has 8 nitrogen and oxygen atoms in total. The Balaban J connectivity index is 2.16. The fourth-order valence-electron chi connectivity index (χ4n) is 2.07. The minimum Gasteiger partial charge on any atom is -0.450 e. The maximum atomic E-state index is 11.3. The lowest BCUT2D eigenvalue weighted by molar-refractivity contribution is 0.152. The van der Waals surface area contributed by atoms with Crippen LogP contribution in [0.5, 0.6) is 0 Å². The monoisotopic (exact) mass is 352 g/mol. The molecule has 0 saturated heterocycles. The van der Waals surface area contributed by atoms with Gasteiger partial charge in [-0.2, -0.15) is 5.10 Å². The van der Waals surface area contributed by atoms with Gasteiger partial charge in [0.05, 0.1) is 24.7 Å². The number of nitrogens with one attached hydrogen (secondary N) is 2. The molecule has 9 heteroatoms. The number of carbonyl (C=O) groups excluding carboxylic acids is 1. The van der Waals surface area contributed by atoms with Crippen molar-refractivity contribution in [3.05, 3.63) is 6.20 Å². The van der Waals surface area contributed by atoms with E-state index in [2.05, 4.69) is 39.5 Å². The second kappa shape index (κ2) is 8.72. The van der Waals surface area contributed by atoms with Gasteiger partial charge in [0, 0.05) is 13.1 Å². The van der Waals surface area contributed by atoms with Gasteiger partial charge in [-0.1, -0.05) is 25.6 Å². The van der Waals surface area contributed by atoms with E-state index >= 15 is 0 Å². The molecule has 0 atom stereocenters. The molecule has 2 rings (SSSR count). The second-order valence-electron chi connectivity index (χ2n) is 5.59. The molecular formula is C15H24N6O2S. The van der Waals surface area contributed by atoms with E-state index in [9.17, 15) is 4.79 Å². The number of carbonyl (C=O) groups is 1. The van der Waals surface area contributed by atoms with Crippen LogP contribution in [0.15, 0.2) is 11.4 Å². The van der Waals surface area contributed by atoms with E-state index in [-0.39, 0.29) is 0 Å². The van der Waals surface area contributed by atoms with Gasteiger partial charge in [0.25, 0.3) is 0 Å². The molecule has 2 N–H and O–H groups in total. The third-order valence-electron chi connectivity index (χ3n) is 3.20. The molecule has 0 fully saturated rings. The Kier molecular flexibility index (Phi) is 6.65. The summed E-state index contributed by atoms with van der Waals surface area (Å²) in [4.78, 5) is 20.4. The molecule has 2 heterocycles. The summed E-state index contributed by atoms with van der Waals surface area (Å²) in [6.07, 6.45) is 3.27. The minimum atomic E-state index is -0.423. The Bertz CT molecular complexity index is 688. The molecule has 1 amide bonds. The average Bonchev–Trinajstić information content (AvgIpc) is 2.96. The molecular weight excluding hydrogens is 328 g/mol. The molecule has 0 aromatic carbocycles. The summed E-state index contributed by atoms with van der Waals surface area (Å²) in [5.41, 5.74) is 0.756. The second-order valence-corrected chi connectivity index (χ2v) is 6.36. The minimum absolute atomic E-state index is 0.353. The SMILES string of the molecule is CCOC(=O)NCCn1ncc2c(NCC(C)C)nc(SC)nc21. The number of amides is 1. The quantitative estimate of drug-likeness (QED) is 0.556. The highest BCUT2D eigenvalue weighted by Crippen LogP contribution is 2.23. The first kappa shape index (κ1) is 18.3. The van der Waals surface area contributed by atoms with E-state index < -0.39 is 6.09 Å². The van der Waals surface area contributed by atoms with Gasteiger partial charge >= 0.3 is 6.09 Å². The van der Waals surface area contributed by atoms with Crippen molar-refractivity contribution in [2.24, 2.45) is 5.92 Å². The Morgan fingerprint density at radius 1 is 1.42 bits per heavy atom. The van der Waals surface area contributed by atoms with Crippen molar-refractivity contribution < 1.29 is 9.53 Å². The molecule has 0 radical (unpaired) electrons. The van der Waals surface area contributed by atoms with Gasteiger partial charge in [-0.15, -0.1) is 0 Å². The number of nitrogens with zero attached hydrogens (tertiary/aromatic N) is 4. The first-order chi connectivity index (χ1) is 11.5. The maximum Gasteiger partial charge on any atom is 0.407 e. The summed E-state index contributed by atoms with van der Waals surface area (Å²) < 4.78 is 6.61. The molecule has 0 saturated carbocycles. The fourth-order valence-corrected chi connectivity index (χ4v) is 2.43. The number of rotatable bonds is 8. The lowest BCUT2D eigenvalue weighted by atomic mass is 10.2. The van der Waals surface area contributed by atoms with Crippen LogP contribution in [0.1, 0.15) is 20.8 Å². The number of anilines is 1. The van der Waals surface area contributed by atoms with E-state index in [1.54, 1.807) is 17.8 Å². The lowest BCUT2D eigenvalue weighted by Gasteiger charge is -2.10. The zero-order chi connectivity index (χ0) is 17.5. The highest BCUT2D eigenvalue weighted by Gasteiger charge is 2.13. The zero-order valence-corrected chi connectivity index (χ0v) is 15.3. The molecule has 0 aliphatic carbocycles. The van der Waals surface area contributed by atoms with Crippen molar-refractivity contribution in [3.8, 4) is 0 Å². The van der Waals surface area contributed by atoms with Crippen molar-refractivity contribution in [1.82, 2.24) is 25.1 Å². The van der Waals surface area contributed by atoms with Gasteiger partial charge in [0.15, 0.2) is 10.8 Å². The van der Waals surface area contributed by atoms with Gasteiger partial charge in [0.1, 0.15) is 5.82 Å². The van der Waals surface area contributed by atoms with Gasteiger partial charge in [-0.3, -0.25) is 0 Å². The van der Waals surface area contributed by atoms with Gasteiger partial charge < -0.3 is 15.4 Å². The van der Waals surface area contributed by atoms with Gasteiger partial charge in [-0.25, -0.2) is 19.4 Å². The number of aromatic nitrogens is 4. The largest absolute Gasteiger partial charge is 0.450 e. The van der Waals surface area contributed by atoms with Crippen LogP contribution < -0.4 is 10.6 Å². The van der Waals surface area contributed by atoms with E-state index in [4.69, 9.17) is 4.74 Å². The summed E-state index contributed by atoms with van der Waals surface area (Å²) in [5, 5.41) is 12.0. The summed E-state index contributed by atoms with van der Waals surface area (Å²) in [7, 11) is 0. The summed E-state index contributed by atoms with van der Waals surface area (Å²) in [5.74, 6) is 1.30. The predicted octanol–water partition coefficient (Wildman–Crippen LogP) is 2.36. The zero-order valence-electron chi connectivity index (χ0n) is 14.5. The summed E-state index contributed by atoms with van der Waals surface area (Å²) >= 11 is 1.49. The Morgan fingerprint density at radius 3 is 2.88 bits per heavy atom. The maximum absolute atomic E-state index is 11.3. The van der Waals surface area contributed by atoms with Crippen LogP contribution in [0.25, 0.3) is 11.0 Å². The molecule has 24 heavy (non-hydrogen) atoms. The highest BCUT2D eigenvalue weighted by atomic mass is 32.2. The average molecular weight is 352 g/mol. The fraction of sp³-hybridized carbons (Fsp3) is 0.600. The van der Waals surface area contributed by atoms with Crippen LogP contribution in [0, 0.1) is 5.92 Å². The molecule has 132 valence electrons. The van der Waals surface area contributed by atoms with Crippen molar-refractivity contribution in [2.75, 3.05) is 31.3 Å². The molecule has 0 unspecified atom stereocenters. The van der Waals surface area contributed by atoms with Crippen LogP contribution in [0.4, 0.5) is 10.6 Å². The van der Waals surface area contributed by atoms with Crippen LogP contribution in [-0.4, -0.2) is 51.8 Å². The van der Waals surface area contributed by atoms with E-state index in [1.807, 2.05) is 6.26 Å². The van der Waals surface area contributed by atoms with E-state index in [0.29, 0.717) is 30.8 Å². The number of thioether (sulfide) groups is 1. The topological polar surface area (TPSA) is 94.0 Å². The smallest absolute Gasteiger partial charge is 0.407 e. The van der Waals surface area contributed by atoms with Gasteiger partial charge in [-0.05, 0) is 19.1 Å². The molecule has 2 aromatic rings. The Labute approximate surface area is 145 Å².